The lowest BCUT2D eigenvalue weighted by Crippen LogP contribution is -2.49. The molecule has 0 bridgehead atoms. The summed E-state index contributed by atoms with van der Waals surface area (Å²) >= 11 is 0. The Balaban J connectivity index is 1.49. The summed E-state index contributed by atoms with van der Waals surface area (Å²) < 4.78 is 10.7. The van der Waals surface area contributed by atoms with Crippen LogP contribution in [0, 0.1) is 0 Å². The van der Waals surface area contributed by atoms with Gasteiger partial charge in [-0.1, -0.05) is 60.7 Å². The molecule has 37 heavy (non-hydrogen) atoms. The number of rotatable bonds is 8. The molecule has 1 fully saturated rings. The van der Waals surface area contributed by atoms with Gasteiger partial charge in [-0.3, -0.25) is 14.5 Å². The van der Waals surface area contributed by atoms with Crippen LogP contribution < -0.4 is 10.1 Å². The van der Waals surface area contributed by atoms with E-state index >= 15 is 0 Å². The Hall–Kier alpha value is -4.33. The Labute approximate surface area is 216 Å². The number of carbonyl (C=O) groups excluding carboxylic acids is 3. The first-order valence-electron chi connectivity index (χ1n) is 12.2. The van der Waals surface area contributed by atoms with Crippen LogP contribution in [0.5, 0.6) is 5.75 Å². The van der Waals surface area contributed by atoms with Crippen molar-refractivity contribution in [3.8, 4) is 5.75 Å². The highest BCUT2D eigenvalue weighted by atomic mass is 16.6. The molecule has 0 aromatic heterocycles. The quantitative estimate of drug-likeness (QED) is 0.486. The predicted molar refractivity (Wildman–Crippen MR) is 140 cm³/mol. The number of benzene rings is 3. The third kappa shape index (κ3) is 6.27. The molecule has 0 spiro atoms. The van der Waals surface area contributed by atoms with Crippen LogP contribution in [0.3, 0.4) is 0 Å². The highest BCUT2D eigenvalue weighted by Crippen LogP contribution is 2.27. The molecule has 3 aromatic carbocycles. The summed E-state index contributed by atoms with van der Waals surface area (Å²) in [6.45, 7) is 0.551. The maximum Gasteiger partial charge on any atom is 0.410 e. The van der Waals surface area contributed by atoms with Crippen molar-refractivity contribution < 1.29 is 23.9 Å². The third-order valence-corrected chi connectivity index (χ3v) is 6.43. The summed E-state index contributed by atoms with van der Waals surface area (Å²) in [6, 6.07) is 23.9. The minimum atomic E-state index is -0.890. The van der Waals surface area contributed by atoms with Gasteiger partial charge in [0, 0.05) is 19.3 Å². The molecule has 1 saturated heterocycles. The van der Waals surface area contributed by atoms with Gasteiger partial charge < -0.3 is 19.7 Å². The van der Waals surface area contributed by atoms with E-state index in [0.29, 0.717) is 36.4 Å². The van der Waals surface area contributed by atoms with Gasteiger partial charge in [0.2, 0.25) is 5.91 Å². The molecule has 1 N–H and O–H groups in total. The summed E-state index contributed by atoms with van der Waals surface area (Å²) in [6.07, 6.45) is 0.649. The van der Waals surface area contributed by atoms with E-state index in [1.807, 2.05) is 60.7 Å². The van der Waals surface area contributed by atoms with Crippen molar-refractivity contribution >= 4 is 23.6 Å². The molecule has 8 heteroatoms. The topological polar surface area (TPSA) is 88.2 Å². The van der Waals surface area contributed by atoms with Crippen molar-refractivity contribution in [3.63, 3.8) is 0 Å². The van der Waals surface area contributed by atoms with Gasteiger partial charge in [0.25, 0.3) is 5.91 Å². The van der Waals surface area contributed by atoms with Gasteiger partial charge in [-0.25, -0.2) is 4.79 Å². The van der Waals surface area contributed by atoms with Crippen LogP contribution in [0.25, 0.3) is 0 Å². The zero-order valence-corrected chi connectivity index (χ0v) is 21.0. The van der Waals surface area contributed by atoms with Crippen LogP contribution in [0.15, 0.2) is 84.9 Å². The molecule has 3 amide bonds. The average molecular weight is 502 g/mol. The lowest BCUT2D eigenvalue weighted by atomic mass is 10.0. The van der Waals surface area contributed by atoms with Gasteiger partial charge in [-0.15, -0.1) is 0 Å². The molecule has 0 aliphatic carbocycles. The number of methoxy groups -OCH3 is 1. The van der Waals surface area contributed by atoms with Gasteiger partial charge in [-0.2, -0.15) is 0 Å². The number of likely N-dealkylation sites (tertiary alicyclic amines) is 1. The zero-order chi connectivity index (χ0) is 26.2. The Kier molecular flexibility index (Phi) is 8.40. The maximum absolute atomic E-state index is 13.7. The van der Waals surface area contributed by atoms with Gasteiger partial charge in [0.1, 0.15) is 24.4 Å². The molecule has 3 aromatic rings. The standard InChI is InChI=1S/C29H31N3O5/c1-31(28(34)25-14-9-19-32(25)29(35)37-20-21-10-5-3-6-11-21)26(22-12-7-4-8-13-22)27(33)30-23-15-17-24(36-2)18-16-23/h3-8,10-13,15-18,25-26H,9,14,19-20H2,1-2H3,(H,30,33)/t25-,26-/m0/s1. The molecular formula is C29H31N3O5. The van der Waals surface area contributed by atoms with Crippen molar-refractivity contribution in [2.45, 2.75) is 31.5 Å². The Bertz CT molecular complexity index is 1200. The second kappa shape index (κ2) is 12.1. The van der Waals surface area contributed by atoms with Crippen molar-refractivity contribution in [2.24, 2.45) is 0 Å². The number of nitrogens with zero attached hydrogens (tertiary/aromatic N) is 2. The van der Waals surface area contributed by atoms with Gasteiger partial charge >= 0.3 is 6.09 Å². The first-order chi connectivity index (χ1) is 18.0. The van der Waals surface area contributed by atoms with Gasteiger partial charge in [-0.05, 0) is 48.2 Å². The van der Waals surface area contributed by atoms with E-state index in [1.165, 1.54) is 9.80 Å². The van der Waals surface area contributed by atoms with Crippen molar-refractivity contribution in [1.29, 1.82) is 0 Å². The molecule has 1 aliphatic rings. The minimum absolute atomic E-state index is 0.129. The SMILES string of the molecule is COc1ccc(NC(=O)[C@H](c2ccccc2)N(C)C(=O)[C@@H]2CCCN2C(=O)OCc2ccccc2)cc1. The van der Waals surface area contributed by atoms with E-state index in [1.54, 1.807) is 38.4 Å². The molecule has 0 unspecified atom stereocenters. The van der Waals surface area contributed by atoms with E-state index in [-0.39, 0.29) is 18.4 Å². The molecule has 192 valence electrons. The van der Waals surface area contributed by atoms with E-state index in [9.17, 15) is 14.4 Å². The predicted octanol–water partition coefficient (Wildman–Crippen LogP) is 4.63. The number of likely N-dealkylation sites (N-methyl/N-ethyl adjacent to an activating group) is 1. The van der Waals surface area contributed by atoms with Gasteiger partial charge in [0.15, 0.2) is 0 Å². The number of ether oxygens (including phenoxy) is 2. The highest BCUT2D eigenvalue weighted by molar-refractivity contribution is 5.99. The number of hydrogen-bond acceptors (Lipinski definition) is 5. The second-order valence-corrected chi connectivity index (χ2v) is 8.87. The van der Waals surface area contributed by atoms with E-state index in [0.717, 1.165) is 5.56 Å². The molecule has 1 heterocycles. The number of anilines is 1. The Morgan fingerprint density at radius 2 is 1.62 bits per heavy atom. The molecule has 8 nitrogen and oxygen atoms in total. The summed E-state index contributed by atoms with van der Waals surface area (Å²) in [5.74, 6) is 0.00157. The summed E-state index contributed by atoms with van der Waals surface area (Å²) in [7, 11) is 3.17. The number of carbonyl (C=O) groups is 3. The summed E-state index contributed by atoms with van der Waals surface area (Å²) in [4.78, 5) is 42.9. The number of amides is 3. The molecular weight excluding hydrogens is 470 g/mol. The monoisotopic (exact) mass is 501 g/mol. The average Bonchev–Trinajstić information content (AvgIpc) is 3.43. The lowest BCUT2D eigenvalue weighted by molar-refractivity contribution is -0.140. The third-order valence-electron chi connectivity index (χ3n) is 6.43. The number of nitrogens with one attached hydrogen (secondary N) is 1. The smallest absolute Gasteiger partial charge is 0.410 e. The molecule has 0 radical (unpaired) electrons. The Morgan fingerprint density at radius 1 is 0.973 bits per heavy atom. The van der Waals surface area contributed by atoms with Crippen LogP contribution in [0.4, 0.5) is 10.5 Å². The first-order valence-corrected chi connectivity index (χ1v) is 12.2. The first kappa shape index (κ1) is 25.8. The van der Waals surface area contributed by atoms with Crippen LogP contribution in [-0.2, 0) is 20.9 Å². The fraction of sp³-hybridized carbons (Fsp3) is 0.276. The summed E-state index contributed by atoms with van der Waals surface area (Å²) in [5.41, 5.74) is 2.12. The lowest BCUT2D eigenvalue weighted by Gasteiger charge is -2.32. The molecule has 1 aliphatic heterocycles. The van der Waals surface area contributed by atoms with Crippen molar-refractivity contribution in [2.75, 3.05) is 26.0 Å². The van der Waals surface area contributed by atoms with Crippen LogP contribution in [-0.4, -0.2) is 54.5 Å². The van der Waals surface area contributed by atoms with Crippen molar-refractivity contribution in [1.82, 2.24) is 9.80 Å². The largest absolute Gasteiger partial charge is 0.497 e. The van der Waals surface area contributed by atoms with E-state index in [2.05, 4.69) is 5.32 Å². The molecule has 4 rings (SSSR count). The van der Waals surface area contributed by atoms with Gasteiger partial charge in [0.05, 0.1) is 7.11 Å². The Morgan fingerprint density at radius 3 is 2.27 bits per heavy atom. The number of hydrogen-bond donors (Lipinski definition) is 1. The van der Waals surface area contributed by atoms with Crippen LogP contribution >= 0.6 is 0 Å². The molecule has 0 saturated carbocycles. The van der Waals surface area contributed by atoms with E-state index in [4.69, 9.17) is 9.47 Å². The highest BCUT2D eigenvalue weighted by Gasteiger charge is 2.40. The normalized spacial score (nSPS) is 15.5. The zero-order valence-electron chi connectivity index (χ0n) is 21.0. The minimum Gasteiger partial charge on any atom is -0.497 e. The maximum atomic E-state index is 13.7. The fourth-order valence-electron chi connectivity index (χ4n) is 4.48. The van der Waals surface area contributed by atoms with Crippen LogP contribution in [0.1, 0.15) is 30.0 Å². The fourth-order valence-corrected chi connectivity index (χ4v) is 4.48. The van der Waals surface area contributed by atoms with Crippen LogP contribution in [0.2, 0.25) is 0 Å². The van der Waals surface area contributed by atoms with Crippen molar-refractivity contribution in [3.05, 3.63) is 96.1 Å². The molecule has 2 atom stereocenters. The summed E-state index contributed by atoms with van der Waals surface area (Å²) in [5, 5.41) is 2.90. The second-order valence-electron chi connectivity index (χ2n) is 8.87. The van der Waals surface area contributed by atoms with E-state index < -0.39 is 18.2 Å².